The smallest absolute Gasteiger partial charge is 0.330 e. The van der Waals surface area contributed by atoms with Crippen molar-refractivity contribution in [1.29, 1.82) is 0 Å². The van der Waals surface area contributed by atoms with E-state index in [-0.39, 0.29) is 24.0 Å². The summed E-state index contributed by atoms with van der Waals surface area (Å²) in [5.41, 5.74) is -0.223. The van der Waals surface area contributed by atoms with Gasteiger partial charge in [0.15, 0.2) is 0 Å². The van der Waals surface area contributed by atoms with Crippen LogP contribution in [0.4, 0.5) is 0 Å². The zero-order valence-corrected chi connectivity index (χ0v) is 11.0. The highest BCUT2D eigenvalue weighted by Gasteiger charge is 2.12. The molecule has 0 heterocycles. The highest BCUT2D eigenvalue weighted by atomic mass is 16.5. The molecular formula is C12H22N2O3. The summed E-state index contributed by atoms with van der Waals surface area (Å²) < 4.78 is 4.70. The molecule has 0 aromatic rings. The van der Waals surface area contributed by atoms with Gasteiger partial charge in [0.25, 0.3) is 0 Å². The highest BCUT2D eigenvalue weighted by Crippen LogP contribution is 1.96. The van der Waals surface area contributed by atoms with Crippen molar-refractivity contribution in [3.63, 3.8) is 0 Å². The summed E-state index contributed by atoms with van der Waals surface area (Å²) in [7, 11) is 0. The van der Waals surface area contributed by atoms with Crippen LogP contribution in [0, 0.1) is 0 Å². The summed E-state index contributed by atoms with van der Waals surface area (Å²) in [5.74, 6) is -0.435. The van der Waals surface area contributed by atoms with E-state index < -0.39 is 0 Å². The molecule has 0 unspecified atom stereocenters. The SMILES string of the molecule is CCOC(=O)/C=C/CNCC(=O)NC(C)(C)C. The maximum Gasteiger partial charge on any atom is 0.330 e. The van der Waals surface area contributed by atoms with Crippen molar-refractivity contribution in [2.24, 2.45) is 0 Å². The molecule has 5 heteroatoms. The molecule has 17 heavy (non-hydrogen) atoms. The third kappa shape index (κ3) is 10.9. The number of esters is 1. The van der Waals surface area contributed by atoms with Crippen molar-refractivity contribution in [3.05, 3.63) is 12.2 Å². The van der Waals surface area contributed by atoms with Crippen LogP contribution in [0.5, 0.6) is 0 Å². The number of hydrogen-bond acceptors (Lipinski definition) is 4. The van der Waals surface area contributed by atoms with Crippen LogP contribution < -0.4 is 10.6 Å². The number of ether oxygens (including phenoxy) is 1. The Balaban J connectivity index is 3.64. The third-order valence-electron chi connectivity index (χ3n) is 1.60. The van der Waals surface area contributed by atoms with Crippen LogP contribution in [-0.4, -0.2) is 37.1 Å². The van der Waals surface area contributed by atoms with Crippen LogP contribution in [0.15, 0.2) is 12.2 Å². The van der Waals surface area contributed by atoms with Gasteiger partial charge in [0.1, 0.15) is 0 Å². The summed E-state index contributed by atoms with van der Waals surface area (Å²) in [5, 5.41) is 5.72. The second-order valence-corrected chi connectivity index (χ2v) is 4.58. The minimum atomic E-state index is -0.367. The van der Waals surface area contributed by atoms with Crippen molar-refractivity contribution in [3.8, 4) is 0 Å². The minimum Gasteiger partial charge on any atom is -0.463 e. The third-order valence-corrected chi connectivity index (χ3v) is 1.60. The molecule has 1 amide bonds. The maximum absolute atomic E-state index is 11.4. The van der Waals surface area contributed by atoms with Gasteiger partial charge in [0.05, 0.1) is 13.2 Å². The zero-order chi connectivity index (χ0) is 13.3. The van der Waals surface area contributed by atoms with E-state index in [9.17, 15) is 9.59 Å². The molecule has 5 nitrogen and oxygen atoms in total. The molecule has 0 saturated carbocycles. The molecule has 2 N–H and O–H groups in total. The Kier molecular flexibility index (Phi) is 7.21. The fourth-order valence-corrected chi connectivity index (χ4v) is 1.08. The molecule has 0 atom stereocenters. The number of amides is 1. The summed E-state index contributed by atoms with van der Waals surface area (Å²) in [6.45, 7) is 8.56. The monoisotopic (exact) mass is 242 g/mol. The molecule has 0 aromatic carbocycles. The average Bonchev–Trinajstić information content (AvgIpc) is 2.14. The van der Waals surface area contributed by atoms with Gasteiger partial charge < -0.3 is 15.4 Å². The topological polar surface area (TPSA) is 67.4 Å². The van der Waals surface area contributed by atoms with E-state index in [1.807, 2.05) is 20.8 Å². The normalized spacial score (nSPS) is 11.5. The van der Waals surface area contributed by atoms with Crippen LogP contribution in [-0.2, 0) is 14.3 Å². The second kappa shape index (κ2) is 7.84. The Morgan fingerprint density at radius 3 is 2.47 bits per heavy atom. The first kappa shape index (κ1) is 15.6. The Morgan fingerprint density at radius 2 is 1.94 bits per heavy atom. The van der Waals surface area contributed by atoms with Gasteiger partial charge in [0.2, 0.25) is 5.91 Å². The number of rotatable bonds is 6. The lowest BCUT2D eigenvalue weighted by molar-refractivity contribution is -0.137. The Morgan fingerprint density at radius 1 is 1.29 bits per heavy atom. The van der Waals surface area contributed by atoms with E-state index in [0.717, 1.165) is 0 Å². The first-order chi connectivity index (χ1) is 7.85. The molecular weight excluding hydrogens is 220 g/mol. The van der Waals surface area contributed by atoms with Gasteiger partial charge in [0, 0.05) is 18.2 Å². The Hall–Kier alpha value is -1.36. The molecule has 0 radical (unpaired) electrons. The van der Waals surface area contributed by atoms with Crippen LogP contribution in [0.1, 0.15) is 27.7 Å². The van der Waals surface area contributed by atoms with Gasteiger partial charge in [-0.3, -0.25) is 4.79 Å². The van der Waals surface area contributed by atoms with E-state index in [0.29, 0.717) is 13.2 Å². The molecule has 0 fully saturated rings. The average molecular weight is 242 g/mol. The van der Waals surface area contributed by atoms with Gasteiger partial charge in [-0.15, -0.1) is 0 Å². The summed E-state index contributed by atoms with van der Waals surface area (Å²) >= 11 is 0. The second-order valence-electron chi connectivity index (χ2n) is 4.58. The Bertz CT molecular complexity index is 280. The predicted octanol–water partition coefficient (Wildman–Crippen LogP) is 0.610. The van der Waals surface area contributed by atoms with Crippen LogP contribution in [0.25, 0.3) is 0 Å². The van der Waals surface area contributed by atoms with Crippen molar-refractivity contribution in [2.75, 3.05) is 19.7 Å². The Labute approximate surface area is 103 Å². The number of hydrogen-bond donors (Lipinski definition) is 2. The van der Waals surface area contributed by atoms with Crippen molar-refractivity contribution < 1.29 is 14.3 Å². The van der Waals surface area contributed by atoms with Gasteiger partial charge in [-0.2, -0.15) is 0 Å². The van der Waals surface area contributed by atoms with E-state index >= 15 is 0 Å². The van der Waals surface area contributed by atoms with E-state index in [1.54, 1.807) is 13.0 Å². The lowest BCUT2D eigenvalue weighted by Gasteiger charge is -2.20. The summed E-state index contributed by atoms with van der Waals surface area (Å²) in [6.07, 6.45) is 2.97. The minimum absolute atomic E-state index is 0.0676. The van der Waals surface area contributed by atoms with E-state index in [4.69, 9.17) is 4.74 Å². The van der Waals surface area contributed by atoms with Crippen LogP contribution in [0.3, 0.4) is 0 Å². The summed E-state index contributed by atoms with van der Waals surface area (Å²) in [4.78, 5) is 22.3. The van der Waals surface area contributed by atoms with Crippen LogP contribution in [0.2, 0.25) is 0 Å². The molecule has 98 valence electrons. The molecule has 0 aliphatic rings. The van der Waals surface area contributed by atoms with E-state index in [1.165, 1.54) is 6.08 Å². The quantitative estimate of drug-likeness (QED) is 0.407. The fourth-order valence-electron chi connectivity index (χ4n) is 1.08. The molecule has 0 aliphatic heterocycles. The molecule has 0 bridgehead atoms. The molecule has 0 aromatic heterocycles. The fraction of sp³-hybridized carbons (Fsp3) is 0.667. The number of carbonyl (C=O) groups is 2. The van der Waals surface area contributed by atoms with E-state index in [2.05, 4.69) is 10.6 Å². The lowest BCUT2D eigenvalue weighted by atomic mass is 10.1. The standard InChI is InChI=1S/C12H22N2O3/c1-5-17-11(16)7-6-8-13-9-10(15)14-12(2,3)4/h6-7,13H,5,8-9H2,1-4H3,(H,14,15)/b7-6+. The first-order valence-electron chi connectivity index (χ1n) is 5.70. The summed E-state index contributed by atoms with van der Waals surface area (Å²) in [6, 6.07) is 0. The first-order valence-corrected chi connectivity index (χ1v) is 5.70. The molecule has 0 saturated heterocycles. The maximum atomic E-state index is 11.4. The van der Waals surface area contributed by atoms with Crippen molar-refractivity contribution >= 4 is 11.9 Å². The van der Waals surface area contributed by atoms with Gasteiger partial charge in [-0.05, 0) is 27.7 Å². The van der Waals surface area contributed by atoms with Gasteiger partial charge in [-0.1, -0.05) is 6.08 Å². The number of carbonyl (C=O) groups excluding carboxylic acids is 2. The number of nitrogens with one attached hydrogen (secondary N) is 2. The molecule has 0 spiro atoms. The van der Waals surface area contributed by atoms with Crippen LogP contribution >= 0.6 is 0 Å². The lowest BCUT2D eigenvalue weighted by Crippen LogP contribution is -2.44. The molecule has 0 aliphatic carbocycles. The zero-order valence-electron chi connectivity index (χ0n) is 11.0. The van der Waals surface area contributed by atoms with Crippen molar-refractivity contribution in [1.82, 2.24) is 10.6 Å². The molecule has 0 rings (SSSR count). The largest absolute Gasteiger partial charge is 0.463 e. The van der Waals surface area contributed by atoms with Gasteiger partial charge >= 0.3 is 5.97 Å². The van der Waals surface area contributed by atoms with Crippen molar-refractivity contribution in [2.45, 2.75) is 33.2 Å². The predicted molar refractivity (Wildman–Crippen MR) is 66.5 cm³/mol. The highest BCUT2D eigenvalue weighted by molar-refractivity contribution is 5.82. The van der Waals surface area contributed by atoms with Gasteiger partial charge in [-0.25, -0.2) is 4.79 Å².